The van der Waals surface area contributed by atoms with Gasteiger partial charge in [0.25, 0.3) is 5.91 Å². The van der Waals surface area contributed by atoms with Crippen LogP contribution in [0, 0.1) is 6.92 Å². The Morgan fingerprint density at radius 2 is 1.93 bits per heavy atom. The minimum absolute atomic E-state index is 0.0409. The predicted octanol–water partition coefficient (Wildman–Crippen LogP) is 2.59. The third-order valence-corrected chi connectivity index (χ3v) is 6.91. The molecule has 2 aromatic carbocycles. The molecule has 0 radical (unpaired) electrons. The van der Waals surface area contributed by atoms with Gasteiger partial charge in [0.2, 0.25) is 0 Å². The van der Waals surface area contributed by atoms with Gasteiger partial charge in [-0.2, -0.15) is 0 Å². The van der Waals surface area contributed by atoms with E-state index in [1.165, 1.54) is 0 Å². The molecular weight excluding hydrogens is 362 g/mol. The summed E-state index contributed by atoms with van der Waals surface area (Å²) in [6.07, 6.45) is 0.495. The third kappa shape index (κ3) is 3.23. The first-order valence-electron chi connectivity index (χ1n) is 8.88. The van der Waals surface area contributed by atoms with Crippen LogP contribution in [0.2, 0.25) is 0 Å². The van der Waals surface area contributed by atoms with E-state index in [1.54, 1.807) is 24.1 Å². The second-order valence-electron chi connectivity index (χ2n) is 7.01. The zero-order chi connectivity index (χ0) is 19.2. The topological polar surface area (TPSA) is 72.3 Å². The summed E-state index contributed by atoms with van der Waals surface area (Å²) in [6.45, 7) is 1.93. The Bertz CT molecular complexity index is 1120. The molecule has 1 aliphatic heterocycles. The summed E-state index contributed by atoms with van der Waals surface area (Å²) < 4.78 is 25.5. The Kier molecular flexibility index (Phi) is 4.26. The normalized spacial score (nSPS) is 18.7. The van der Waals surface area contributed by atoms with Gasteiger partial charge in [-0.1, -0.05) is 18.2 Å². The Balaban J connectivity index is 1.67. The van der Waals surface area contributed by atoms with Crippen molar-refractivity contribution in [1.82, 2.24) is 14.5 Å². The lowest BCUT2D eigenvalue weighted by atomic mass is 10.1. The van der Waals surface area contributed by atoms with E-state index in [2.05, 4.69) is 9.55 Å². The molecule has 7 heteroatoms. The summed E-state index contributed by atoms with van der Waals surface area (Å²) in [5.41, 5.74) is 3.22. The van der Waals surface area contributed by atoms with Crippen LogP contribution in [0.4, 0.5) is 0 Å². The monoisotopic (exact) mass is 383 g/mol. The molecule has 0 bridgehead atoms. The molecule has 1 fully saturated rings. The van der Waals surface area contributed by atoms with E-state index in [1.807, 2.05) is 43.3 Å². The molecule has 0 spiro atoms. The molecule has 6 nitrogen and oxygen atoms in total. The number of amides is 1. The highest BCUT2D eigenvalue weighted by Gasteiger charge is 2.33. The lowest BCUT2D eigenvalue weighted by Crippen LogP contribution is -2.37. The van der Waals surface area contributed by atoms with Crippen LogP contribution in [0.5, 0.6) is 0 Å². The molecule has 0 saturated carbocycles. The standard InChI is InChI=1S/C20H21N3O3S/c1-14-21-18-12-15(20(24)22(2)17-10-11-27(25,26)13-17)8-9-19(18)23(14)16-6-4-3-5-7-16/h3-9,12,17H,10-11,13H2,1-2H3/t17-/m1/s1. The fraction of sp³-hybridized carbons (Fsp3) is 0.300. The van der Waals surface area contributed by atoms with Crippen molar-refractivity contribution in [2.24, 2.45) is 0 Å². The van der Waals surface area contributed by atoms with Crippen LogP contribution < -0.4 is 0 Å². The summed E-state index contributed by atoms with van der Waals surface area (Å²) in [5, 5.41) is 0. The molecule has 3 aromatic rings. The van der Waals surface area contributed by atoms with Gasteiger partial charge in [-0.25, -0.2) is 13.4 Å². The number of carbonyl (C=O) groups is 1. The molecule has 0 N–H and O–H groups in total. The highest BCUT2D eigenvalue weighted by Crippen LogP contribution is 2.24. The van der Waals surface area contributed by atoms with Gasteiger partial charge in [0.15, 0.2) is 9.84 Å². The number of nitrogens with zero attached hydrogens (tertiary/aromatic N) is 3. The lowest BCUT2D eigenvalue weighted by Gasteiger charge is -2.23. The van der Waals surface area contributed by atoms with Crippen LogP contribution in [0.25, 0.3) is 16.7 Å². The molecule has 27 heavy (non-hydrogen) atoms. The van der Waals surface area contributed by atoms with Gasteiger partial charge in [-0.15, -0.1) is 0 Å². The average Bonchev–Trinajstić information content (AvgIpc) is 3.18. The van der Waals surface area contributed by atoms with Crippen molar-refractivity contribution in [1.29, 1.82) is 0 Å². The highest BCUT2D eigenvalue weighted by atomic mass is 32.2. The number of aryl methyl sites for hydroxylation is 1. The molecule has 0 aliphatic carbocycles. The molecule has 1 aliphatic rings. The van der Waals surface area contributed by atoms with Gasteiger partial charge in [-0.05, 0) is 43.7 Å². The van der Waals surface area contributed by atoms with E-state index in [0.717, 1.165) is 22.5 Å². The van der Waals surface area contributed by atoms with E-state index >= 15 is 0 Å². The van der Waals surface area contributed by atoms with Crippen molar-refractivity contribution >= 4 is 26.8 Å². The number of carbonyl (C=O) groups excluding carboxylic acids is 1. The van der Waals surface area contributed by atoms with Crippen LogP contribution in [0.15, 0.2) is 48.5 Å². The number of aromatic nitrogens is 2. The van der Waals surface area contributed by atoms with Crippen molar-refractivity contribution in [3.8, 4) is 5.69 Å². The largest absolute Gasteiger partial charge is 0.338 e. The third-order valence-electron chi connectivity index (χ3n) is 5.16. The summed E-state index contributed by atoms with van der Waals surface area (Å²) in [5.74, 6) is 0.857. The second-order valence-corrected chi connectivity index (χ2v) is 9.24. The van der Waals surface area contributed by atoms with E-state index in [0.29, 0.717) is 12.0 Å². The number of hydrogen-bond acceptors (Lipinski definition) is 4. The first kappa shape index (κ1) is 17.7. The Morgan fingerprint density at radius 3 is 2.59 bits per heavy atom. The molecule has 140 valence electrons. The number of sulfone groups is 1. The molecule has 1 atom stereocenters. The fourth-order valence-electron chi connectivity index (χ4n) is 3.69. The summed E-state index contributed by atoms with van der Waals surface area (Å²) in [4.78, 5) is 19.0. The van der Waals surface area contributed by atoms with Gasteiger partial charge in [0, 0.05) is 24.3 Å². The maximum atomic E-state index is 12.8. The van der Waals surface area contributed by atoms with Gasteiger partial charge in [-0.3, -0.25) is 9.36 Å². The average molecular weight is 383 g/mol. The van der Waals surface area contributed by atoms with Crippen LogP contribution >= 0.6 is 0 Å². The van der Waals surface area contributed by atoms with Crippen molar-refractivity contribution in [3.05, 3.63) is 59.9 Å². The maximum absolute atomic E-state index is 12.8. The van der Waals surface area contributed by atoms with Crippen LogP contribution in [0.1, 0.15) is 22.6 Å². The smallest absolute Gasteiger partial charge is 0.253 e. The molecule has 1 amide bonds. The second kappa shape index (κ2) is 6.49. The van der Waals surface area contributed by atoms with Gasteiger partial charge < -0.3 is 4.90 Å². The van der Waals surface area contributed by atoms with Crippen LogP contribution in [0.3, 0.4) is 0 Å². The zero-order valence-corrected chi connectivity index (χ0v) is 16.1. The molecule has 2 heterocycles. The van der Waals surface area contributed by atoms with E-state index in [9.17, 15) is 13.2 Å². The van der Waals surface area contributed by atoms with Crippen molar-refractivity contribution in [2.75, 3.05) is 18.6 Å². The predicted molar refractivity (Wildman–Crippen MR) is 105 cm³/mol. The van der Waals surface area contributed by atoms with Crippen LogP contribution in [-0.4, -0.2) is 53.4 Å². The van der Waals surface area contributed by atoms with Gasteiger partial charge in [0.05, 0.1) is 22.5 Å². The molecule has 1 saturated heterocycles. The van der Waals surface area contributed by atoms with E-state index < -0.39 is 9.84 Å². The zero-order valence-electron chi connectivity index (χ0n) is 15.3. The number of para-hydroxylation sites is 1. The fourth-order valence-corrected chi connectivity index (χ4v) is 5.46. The number of fused-ring (bicyclic) bond motifs is 1. The van der Waals surface area contributed by atoms with E-state index in [-0.39, 0.29) is 23.5 Å². The van der Waals surface area contributed by atoms with Crippen molar-refractivity contribution in [3.63, 3.8) is 0 Å². The Morgan fingerprint density at radius 1 is 1.19 bits per heavy atom. The Hall–Kier alpha value is -2.67. The first-order chi connectivity index (χ1) is 12.9. The quantitative estimate of drug-likeness (QED) is 0.697. The minimum Gasteiger partial charge on any atom is -0.338 e. The van der Waals surface area contributed by atoms with Gasteiger partial charge in [0.1, 0.15) is 5.82 Å². The van der Waals surface area contributed by atoms with Crippen molar-refractivity contribution in [2.45, 2.75) is 19.4 Å². The number of hydrogen-bond donors (Lipinski definition) is 0. The number of imidazole rings is 1. The van der Waals surface area contributed by atoms with Crippen LogP contribution in [-0.2, 0) is 9.84 Å². The number of rotatable bonds is 3. The Labute approximate surface area is 158 Å². The summed E-state index contributed by atoms with van der Waals surface area (Å²) in [6, 6.07) is 15.1. The lowest BCUT2D eigenvalue weighted by molar-refractivity contribution is 0.0748. The van der Waals surface area contributed by atoms with Crippen molar-refractivity contribution < 1.29 is 13.2 Å². The highest BCUT2D eigenvalue weighted by molar-refractivity contribution is 7.91. The molecular formula is C20H21N3O3S. The molecule has 4 rings (SSSR count). The SMILES string of the molecule is Cc1nc2cc(C(=O)N(C)[C@@H]3CCS(=O)(=O)C3)ccc2n1-c1ccccc1. The molecule has 0 unspecified atom stereocenters. The summed E-state index contributed by atoms with van der Waals surface area (Å²) in [7, 11) is -1.36. The summed E-state index contributed by atoms with van der Waals surface area (Å²) >= 11 is 0. The maximum Gasteiger partial charge on any atom is 0.253 e. The minimum atomic E-state index is -3.03. The number of benzene rings is 2. The molecule has 1 aromatic heterocycles. The van der Waals surface area contributed by atoms with Gasteiger partial charge >= 0.3 is 0 Å². The van der Waals surface area contributed by atoms with E-state index in [4.69, 9.17) is 0 Å². The first-order valence-corrected chi connectivity index (χ1v) is 10.7.